The summed E-state index contributed by atoms with van der Waals surface area (Å²) >= 11 is 15.5. The summed E-state index contributed by atoms with van der Waals surface area (Å²) in [6.45, 7) is 0. The maximum Gasteiger partial charge on any atom is 0.129 e. The molecule has 0 saturated heterocycles. The van der Waals surface area contributed by atoms with Gasteiger partial charge in [0.1, 0.15) is 11.6 Å². The predicted octanol–water partition coefficient (Wildman–Crippen LogP) is 5.90. The molecule has 0 fully saturated rings. The molecule has 0 nitrogen and oxygen atoms in total. The lowest BCUT2D eigenvalue weighted by Crippen LogP contribution is -1.99. The second-order valence-electron chi connectivity index (χ2n) is 4.11. The van der Waals surface area contributed by atoms with Gasteiger partial charge in [-0.05, 0) is 41.8 Å². The van der Waals surface area contributed by atoms with E-state index in [-0.39, 0.29) is 6.42 Å². The van der Waals surface area contributed by atoms with Gasteiger partial charge in [-0.1, -0.05) is 33.6 Å². The van der Waals surface area contributed by atoms with Crippen molar-refractivity contribution in [3.05, 3.63) is 68.7 Å². The zero-order valence-corrected chi connectivity index (χ0v) is 12.7. The number of rotatable bonds is 3. The maximum atomic E-state index is 13.6. The number of alkyl halides is 1. The summed E-state index contributed by atoms with van der Waals surface area (Å²) in [6, 6.07) is 8.77. The summed E-state index contributed by atoms with van der Waals surface area (Å²) in [4.78, 5) is 0. The molecule has 2 aromatic rings. The average Bonchev–Trinajstić information content (AvgIpc) is 2.31. The predicted molar refractivity (Wildman–Crippen MR) is 77.8 cm³/mol. The van der Waals surface area contributed by atoms with Crippen molar-refractivity contribution in [2.24, 2.45) is 0 Å². The summed E-state index contributed by atoms with van der Waals surface area (Å²) in [5.74, 6) is -1.19. The van der Waals surface area contributed by atoms with Gasteiger partial charge in [-0.2, -0.15) is 0 Å². The molecule has 0 N–H and O–H groups in total. The third-order valence-corrected chi connectivity index (χ3v) is 3.74. The molecule has 19 heavy (non-hydrogen) atoms. The fraction of sp³-hybridized carbons (Fsp3) is 0.143. The molecule has 2 aromatic carbocycles. The van der Waals surface area contributed by atoms with Crippen LogP contribution in [0.5, 0.6) is 0 Å². The van der Waals surface area contributed by atoms with Crippen molar-refractivity contribution in [1.82, 2.24) is 0 Å². The van der Waals surface area contributed by atoms with Gasteiger partial charge >= 0.3 is 0 Å². The second-order valence-corrected chi connectivity index (χ2v) is 5.99. The number of halogens is 5. The lowest BCUT2D eigenvalue weighted by molar-refractivity contribution is 0.570. The van der Waals surface area contributed by atoms with Gasteiger partial charge < -0.3 is 0 Å². The van der Waals surface area contributed by atoms with E-state index in [2.05, 4.69) is 15.9 Å². The molecular formula is C14H9BrCl2F2. The highest BCUT2D eigenvalue weighted by Gasteiger charge is 2.13. The molecule has 0 spiro atoms. The Balaban J connectivity index is 2.22. The first-order valence-corrected chi connectivity index (χ1v) is 7.10. The normalized spacial score (nSPS) is 12.5. The van der Waals surface area contributed by atoms with Gasteiger partial charge in [0.15, 0.2) is 0 Å². The van der Waals surface area contributed by atoms with Crippen LogP contribution in [0.2, 0.25) is 5.02 Å². The van der Waals surface area contributed by atoms with Crippen LogP contribution in [0.1, 0.15) is 16.5 Å². The van der Waals surface area contributed by atoms with E-state index in [0.717, 1.165) is 16.1 Å². The van der Waals surface area contributed by atoms with Crippen LogP contribution in [-0.2, 0) is 6.42 Å². The van der Waals surface area contributed by atoms with E-state index in [1.807, 2.05) is 6.07 Å². The molecule has 0 bridgehead atoms. The zero-order valence-electron chi connectivity index (χ0n) is 9.64. The van der Waals surface area contributed by atoms with Crippen LogP contribution in [0.3, 0.4) is 0 Å². The molecule has 0 aliphatic rings. The van der Waals surface area contributed by atoms with Gasteiger partial charge in [0.2, 0.25) is 0 Å². The fourth-order valence-corrected chi connectivity index (χ4v) is 2.93. The Bertz CT molecular complexity index is 582. The third kappa shape index (κ3) is 3.91. The quantitative estimate of drug-likeness (QED) is 0.593. The smallest absolute Gasteiger partial charge is 0.129 e. The molecule has 0 aromatic heterocycles. The summed E-state index contributed by atoms with van der Waals surface area (Å²) in [5, 5.41) is 0.115. The number of hydrogen-bond donors (Lipinski definition) is 0. The van der Waals surface area contributed by atoms with Gasteiger partial charge in [-0.25, -0.2) is 8.78 Å². The summed E-state index contributed by atoms with van der Waals surface area (Å²) in [5.41, 5.74) is 1.15. The van der Waals surface area contributed by atoms with Crippen molar-refractivity contribution >= 4 is 39.1 Å². The molecule has 0 saturated carbocycles. The van der Waals surface area contributed by atoms with E-state index in [0.29, 0.717) is 10.6 Å². The molecule has 0 radical (unpaired) electrons. The van der Waals surface area contributed by atoms with E-state index in [9.17, 15) is 8.78 Å². The maximum absolute atomic E-state index is 13.6. The summed E-state index contributed by atoms with van der Waals surface area (Å²) < 4.78 is 27.2. The summed E-state index contributed by atoms with van der Waals surface area (Å²) in [6.07, 6.45) is 0.264. The Hall–Kier alpha value is -0.640. The van der Waals surface area contributed by atoms with Crippen LogP contribution in [0.4, 0.5) is 8.78 Å². The minimum atomic E-state index is -0.599. The molecule has 0 heterocycles. The molecule has 1 unspecified atom stereocenters. The van der Waals surface area contributed by atoms with Gasteiger partial charge in [-0.15, -0.1) is 11.6 Å². The van der Waals surface area contributed by atoms with E-state index >= 15 is 0 Å². The topological polar surface area (TPSA) is 0 Å². The largest absolute Gasteiger partial charge is 0.207 e. The Labute approximate surface area is 128 Å². The molecule has 100 valence electrons. The molecule has 0 amide bonds. The van der Waals surface area contributed by atoms with E-state index in [1.54, 1.807) is 12.1 Å². The number of hydrogen-bond acceptors (Lipinski definition) is 0. The Morgan fingerprint density at radius 1 is 1.11 bits per heavy atom. The van der Waals surface area contributed by atoms with Crippen molar-refractivity contribution in [3.63, 3.8) is 0 Å². The van der Waals surface area contributed by atoms with Crippen molar-refractivity contribution < 1.29 is 8.78 Å². The molecule has 5 heteroatoms. The molecule has 2 rings (SSSR count). The minimum Gasteiger partial charge on any atom is -0.207 e. The first kappa shape index (κ1) is 14.8. The highest BCUT2D eigenvalue weighted by atomic mass is 79.9. The van der Waals surface area contributed by atoms with Crippen molar-refractivity contribution in [1.29, 1.82) is 0 Å². The second kappa shape index (κ2) is 6.21. The lowest BCUT2D eigenvalue weighted by Gasteiger charge is -2.12. The van der Waals surface area contributed by atoms with Crippen molar-refractivity contribution in [2.45, 2.75) is 11.8 Å². The van der Waals surface area contributed by atoms with Crippen LogP contribution < -0.4 is 0 Å². The van der Waals surface area contributed by atoms with E-state index in [1.165, 1.54) is 12.1 Å². The molecule has 0 aliphatic heterocycles. The van der Waals surface area contributed by atoms with Crippen LogP contribution in [-0.4, -0.2) is 0 Å². The lowest BCUT2D eigenvalue weighted by atomic mass is 10.0. The highest BCUT2D eigenvalue weighted by Crippen LogP contribution is 2.30. The Kier molecular flexibility index (Phi) is 4.82. The first-order chi connectivity index (χ1) is 8.95. The van der Waals surface area contributed by atoms with Crippen LogP contribution in [0.15, 0.2) is 40.9 Å². The van der Waals surface area contributed by atoms with Crippen LogP contribution in [0, 0.1) is 11.6 Å². The Morgan fingerprint density at radius 2 is 1.84 bits per heavy atom. The first-order valence-electron chi connectivity index (χ1n) is 5.49. The average molecular weight is 366 g/mol. The van der Waals surface area contributed by atoms with E-state index < -0.39 is 17.0 Å². The minimum absolute atomic E-state index is 0.264. The highest BCUT2D eigenvalue weighted by molar-refractivity contribution is 9.10. The molecule has 0 aliphatic carbocycles. The summed E-state index contributed by atoms with van der Waals surface area (Å²) in [7, 11) is 0. The van der Waals surface area contributed by atoms with Crippen LogP contribution >= 0.6 is 39.1 Å². The van der Waals surface area contributed by atoms with Gasteiger partial charge in [0, 0.05) is 15.6 Å². The standard InChI is InChI=1S/C14H9BrCl2F2/c15-10-3-9(4-11(16)6-10)13(17)5-8-1-2-12(18)7-14(8)19/h1-4,6-7,13H,5H2. The SMILES string of the molecule is Fc1ccc(CC(Cl)c2cc(Cl)cc(Br)c2)c(F)c1. The molecule has 1 atom stereocenters. The van der Waals surface area contributed by atoms with Gasteiger partial charge in [-0.3, -0.25) is 0 Å². The van der Waals surface area contributed by atoms with Crippen LogP contribution in [0.25, 0.3) is 0 Å². The zero-order chi connectivity index (χ0) is 14.0. The molecular weight excluding hydrogens is 357 g/mol. The van der Waals surface area contributed by atoms with Gasteiger partial charge in [0.25, 0.3) is 0 Å². The van der Waals surface area contributed by atoms with Crippen molar-refractivity contribution in [2.75, 3.05) is 0 Å². The van der Waals surface area contributed by atoms with Crippen molar-refractivity contribution in [3.8, 4) is 0 Å². The monoisotopic (exact) mass is 364 g/mol. The number of benzene rings is 2. The Morgan fingerprint density at radius 3 is 2.47 bits per heavy atom. The third-order valence-electron chi connectivity index (χ3n) is 2.66. The van der Waals surface area contributed by atoms with E-state index in [4.69, 9.17) is 23.2 Å². The fourth-order valence-electron chi connectivity index (χ4n) is 1.75. The van der Waals surface area contributed by atoms with Gasteiger partial charge in [0.05, 0.1) is 5.38 Å².